The number of ether oxygens (including phenoxy) is 3. The van der Waals surface area contributed by atoms with Crippen LogP contribution in [0.5, 0.6) is 11.5 Å². The number of hydrogen-bond donors (Lipinski definition) is 1. The van der Waals surface area contributed by atoms with Gasteiger partial charge in [-0.25, -0.2) is 0 Å². The van der Waals surface area contributed by atoms with Gasteiger partial charge in [0.1, 0.15) is 6.61 Å². The monoisotopic (exact) mass is 540 g/mol. The number of rotatable bonds is 9. The van der Waals surface area contributed by atoms with E-state index in [1.54, 1.807) is 42.5 Å². The number of nitrogens with one attached hydrogen (secondary N) is 1. The number of nitrogens with zero attached hydrogens (tertiary/aromatic N) is 3. The van der Waals surface area contributed by atoms with Crippen molar-refractivity contribution in [3.63, 3.8) is 0 Å². The highest BCUT2D eigenvalue weighted by molar-refractivity contribution is 5.88. The molecule has 1 unspecified atom stereocenters. The Kier molecular flexibility index (Phi) is 8.11. The molecule has 0 aromatic heterocycles. The predicted molar refractivity (Wildman–Crippen MR) is 144 cm³/mol. The molecule has 2 aliphatic rings. The van der Waals surface area contributed by atoms with Crippen molar-refractivity contribution in [1.29, 1.82) is 5.26 Å². The quantitative estimate of drug-likeness (QED) is 0.412. The van der Waals surface area contributed by atoms with Crippen molar-refractivity contribution < 1.29 is 28.6 Å². The van der Waals surface area contributed by atoms with Gasteiger partial charge in [-0.15, -0.1) is 0 Å². The fourth-order valence-electron chi connectivity index (χ4n) is 4.60. The van der Waals surface area contributed by atoms with Crippen molar-refractivity contribution in [1.82, 2.24) is 10.2 Å². The first kappa shape index (κ1) is 26.6. The average Bonchev–Trinajstić information content (AvgIpc) is 3.45. The van der Waals surface area contributed by atoms with E-state index in [4.69, 9.17) is 19.5 Å². The van der Waals surface area contributed by atoms with Gasteiger partial charge in [0.2, 0.25) is 18.6 Å². The van der Waals surface area contributed by atoms with E-state index in [9.17, 15) is 14.4 Å². The Labute approximate surface area is 231 Å². The summed E-state index contributed by atoms with van der Waals surface area (Å²) in [5.74, 6) is 0.0694. The van der Waals surface area contributed by atoms with Crippen molar-refractivity contribution >= 4 is 23.5 Å². The number of carbonyl (C=O) groups excluding carboxylic acids is 3. The van der Waals surface area contributed by atoms with Crippen molar-refractivity contribution in [3.05, 3.63) is 89.5 Å². The molecule has 1 N–H and O–H groups in total. The van der Waals surface area contributed by atoms with E-state index in [1.807, 2.05) is 35.2 Å². The zero-order valence-electron chi connectivity index (χ0n) is 21.7. The maximum absolute atomic E-state index is 13.1. The van der Waals surface area contributed by atoms with Crippen LogP contribution in [0, 0.1) is 11.3 Å². The highest BCUT2D eigenvalue weighted by Crippen LogP contribution is 2.35. The molecular weight excluding hydrogens is 512 g/mol. The van der Waals surface area contributed by atoms with Crippen LogP contribution in [0.3, 0.4) is 0 Å². The van der Waals surface area contributed by atoms with Crippen LogP contribution in [0.2, 0.25) is 0 Å². The van der Waals surface area contributed by atoms with Crippen LogP contribution in [-0.4, -0.2) is 55.7 Å². The van der Waals surface area contributed by atoms with Gasteiger partial charge in [-0.1, -0.05) is 36.4 Å². The van der Waals surface area contributed by atoms with E-state index in [2.05, 4.69) is 11.4 Å². The van der Waals surface area contributed by atoms with Crippen LogP contribution in [0.4, 0.5) is 5.69 Å². The summed E-state index contributed by atoms with van der Waals surface area (Å²) in [6.07, 6.45) is -0.0986. The molecule has 2 aliphatic heterocycles. The third-order valence-corrected chi connectivity index (χ3v) is 6.76. The Hall–Kier alpha value is -5.04. The van der Waals surface area contributed by atoms with Gasteiger partial charge in [0, 0.05) is 18.8 Å². The summed E-state index contributed by atoms with van der Waals surface area (Å²) in [5, 5.41) is 11.9. The van der Waals surface area contributed by atoms with Crippen molar-refractivity contribution in [3.8, 4) is 17.6 Å². The van der Waals surface area contributed by atoms with Crippen molar-refractivity contribution in [2.75, 3.05) is 37.9 Å². The highest BCUT2D eigenvalue weighted by Gasteiger charge is 2.28. The lowest BCUT2D eigenvalue weighted by atomic mass is 10.0. The first-order chi connectivity index (χ1) is 19.5. The zero-order valence-corrected chi connectivity index (χ0v) is 21.7. The number of anilines is 1. The second kappa shape index (κ2) is 12.2. The number of hydrogen-bond acceptors (Lipinski definition) is 8. The van der Waals surface area contributed by atoms with E-state index < -0.39 is 17.9 Å². The summed E-state index contributed by atoms with van der Waals surface area (Å²) in [5.41, 5.74) is 2.91. The van der Waals surface area contributed by atoms with E-state index in [0.717, 1.165) is 11.3 Å². The van der Waals surface area contributed by atoms with E-state index >= 15 is 0 Å². The van der Waals surface area contributed by atoms with Crippen LogP contribution < -0.4 is 19.7 Å². The minimum atomic E-state index is -0.694. The Bertz CT molecular complexity index is 1420. The number of esters is 1. The Morgan fingerprint density at radius 2 is 1.77 bits per heavy atom. The molecule has 5 rings (SSSR count). The minimum Gasteiger partial charge on any atom is -0.461 e. The van der Waals surface area contributed by atoms with Gasteiger partial charge in [-0.3, -0.25) is 14.4 Å². The molecule has 2 heterocycles. The lowest BCUT2D eigenvalue weighted by Crippen LogP contribution is -2.53. The molecule has 204 valence electrons. The predicted octanol–water partition coefficient (Wildman–Crippen LogP) is 2.93. The molecule has 1 fully saturated rings. The molecule has 1 atom stereocenters. The molecule has 40 heavy (non-hydrogen) atoms. The summed E-state index contributed by atoms with van der Waals surface area (Å²) >= 11 is 0. The molecule has 0 saturated carbocycles. The first-order valence-corrected chi connectivity index (χ1v) is 12.9. The van der Waals surface area contributed by atoms with Gasteiger partial charge in [-0.05, 0) is 47.5 Å². The summed E-state index contributed by atoms with van der Waals surface area (Å²) in [6.45, 7) is 1.12. The van der Waals surface area contributed by atoms with E-state index in [0.29, 0.717) is 35.7 Å². The minimum absolute atomic E-state index is 0.0986. The molecule has 3 aromatic carbocycles. The van der Waals surface area contributed by atoms with Crippen LogP contribution in [-0.2, 0) is 25.7 Å². The Morgan fingerprint density at radius 3 is 2.52 bits per heavy atom. The second-order valence-corrected chi connectivity index (χ2v) is 9.48. The number of benzene rings is 3. The third kappa shape index (κ3) is 6.50. The number of nitriles is 1. The molecule has 2 amide bonds. The lowest BCUT2D eigenvalue weighted by molar-refractivity contribution is -0.146. The topological polar surface area (TPSA) is 121 Å². The fourth-order valence-corrected chi connectivity index (χ4v) is 4.60. The van der Waals surface area contributed by atoms with Crippen molar-refractivity contribution in [2.45, 2.75) is 19.1 Å². The maximum Gasteiger partial charge on any atom is 0.308 e. The summed E-state index contributed by atoms with van der Waals surface area (Å²) in [6, 6.07) is 23.0. The number of piperazine rings is 1. The molecule has 0 aliphatic carbocycles. The molecular formula is C30H28N4O6. The van der Waals surface area contributed by atoms with Crippen LogP contribution in [0.25, 0.3) is 0 Å². The first-order valence-electron chi connectivity index (χ1n) is 12.9. The van der Waals surface area contributed by atoms with Gasteiger partial charge in [-0.2, -0.15) is 5.26 Å². The summed E-state index contributed by atoms with van der Waals surface area (Å²) in [7, 11) is 0. The molecule has 3 aromatic rings. The van der Waals surface area contributed by atoms with Crippen LogP contribution in [0.1, 0.15) is 29.2 Å². The standard InChI is InChI=1S/C30H28N4O6/c31-16-21-6-9-24(10-7-21)33-12-13-34(29(36)18-33)17-28(35)32-25(23-8-11-26-27(14-23)40-20-39-26)15-30(37)38-19-22-4-2-1-3-5-22/h1-11,14,25H,12-13,15,17-20H2,(H,32,35). The average molecular weight is 541 g/mol. The van der Waals surface area contributed by atoms with Gasteiger partial charge >= 0.3 is 5.97 Å². The normalized spacial score (nSPS) is 14.8. The number of carbonyl (C=O) groups is 3. The van der Waals surface area contributed by atoms with Crippen LogP contribution >= 0.6 is 0 Å². The molecule has 1 saturated heterocycles. The molecule has 0 bridgehead atoms. The Balaban J connectivity index is 1.21. The Morgan fingerprint density at radius 1 is 1.00 bits per heavy atom. The molecule has 0 spiro atoms. The number of amides is 2. The fraction of sp³-hybridized carbons (Fsp3) is 0.267. The van der Waals surface area contributed by atoms with E-state index in [1.165, 1.54) is 4.90 Å². The SMILES string of the molecule is N#Cc1ccc(N2CCN(CC(=O)NC(CC(=O)OCc3ccccc3)c3ccc4c(c3)OCO4)C(=O)C2)cc1. The molecule has 0 radical (unpaired) electrons. The molecule has 10 heteroatoms. The maximum atomic E-state index is 13.1. The third-order valence-electron chi connectivity index (χ3n) is 6.76. The zero-order chi connectivity index (χ0) is 27.9. The van der Waals surface area contributed by atoms with Crippen LogP contribution in [0.15, 0.2) is 72.8 Å². The van der Waals surface area contributed by atoms with Gasteiger partial charge in [0.05, 0.1) is 37.2 Å². The largest absolute Gasteiger partial charge is 0.461 e. The summed E-state index contributed by atoms with van der Waals surface area (Å²) < 4.78 is 16.3. The lowest BCUT2D eigenvalue weighted by Gasteiger charge is -2.35. The highest BCUT2D eigenvalue weighted by atomic mass is 16.7. The van der Waals surface area contributed by atoms with Gasteiger partial charge in [0.15, 0.2) is 11.5 Å². The summed E-state index contributed by atoms with van der Waals surface area (Å²) in [4.78, 5) is 42.1. The van der Waals surface area contributed by atoms with Gasteiger partial charge < -0.3 is 29.3 Å². The number of fused-ring (bicyclic) bond motifs is 1. The van der Waals surface area contributed by atoms with E-state index in [-0.39, 0.29) is 38.8 Å². The van der Waals surface area contributed by atoms with Gasteiger partial charge in [0.25, 0.3) is 0 Å². The smallest absolute Gasteiger partial charge is 0.308 e. The van der Waals surface area contributed by atoms with Crippen molar-refractivity contribution in [2.24, 2.45) is 0 Å². The molecule has 10 nitrogen and oxygen atoms in total. The second-order valence-electron chi connectivity index (χ2n) is 9.48.